The molecule has 16 heavy (non-hydrogen) atoms. The third-order valence-electron chi connectivity index (χ3n) is 2.83. The highest BCUT2D eigenvalue weighted by Gasteiger charge is 2.56. The number of carboxylic acid groups (broad SMARTS) is 1. The lowest BCUT2D eigenvalue weighted by molar-refractivity contribution is -0.149. The van der Waals surface area contributed by atoms with Crippen molar-refractivity contribution in [3.8, 4) is 0 Å². The molecule has 2 rings (SSSR count). The van der Waals surface area contributed by atoms with Crippen LogP contribution in [0.2, 0.25) is 0 Å². The van der Waals surface area contributed by atoms with Gasteiger partial charge in [-0.05, 0) is 30.7 Å². The molecule has 1 saturated carbocycles. The second-order valence-electron chi connectivity index (χ2n) is 3.97. The fraction of sp³-hybridized carbons (Fsp3) is 0.455. The van der Waals surface area contributed by atoms with Gasteiger partial charge >= 0.3 is 5.97 Å². The van der Waals surface area contributed by atoms with E-state index in [4.69, 9.17) is 5.11 Å². The third kappa shape index (κ3) is 2.09. The van der Waals surface area contributed by atoms with Gasteiger partial charge in [-0.25, -0.2) is 0 Å². The first-order valence-corrected chi connectivity index (χ1v) is 6.07. The molecular formula is C11H13NO3S. The lowest BCUT2D eigenvalue weighted by Crippen LogP contribution is -2.37. The molecule has 1 amide bonds. The first-order valence-electron chi connectivity index (χ1n) is 5.19. The van der Waals surface area contributed by atoms with Crippen LogP contribution in [0.4, 0.5) is 0 Å². The van der Waals surface area contributed by atoms with Gasteiger partial charge in [0.05, 0.1) is 0 Å². The molecule has 0 atom stereocenters. The maximum atomic E-state index is 11.6. The van der Waals surface area contributed by atoms with Gasteiger partial charge in [0.1, 0.15) is 5.41 Å². The Kier molecular flexibility index (Phi) is 2.96. The molecule has 4 nitrogen and oxygen atoms in total. The summed E-state index contributed by atoms with van der Waals surface area (Å²) in [6, 6.07) is 3.96. The highest BCUT2D eigenvalue weighted by atomic mass is 32.1. The second kappa shape index (κ2) is 4.25. The number of carbonyl (C=O) groups excluding carboxylic acids is 1. The lowest BCUT2D eigenvalue weighted by atomic mass is 10.1. The first-order chi connectivity index (χ1) is 7.65. The van der Waals surface area contributed by atoms with Crippen LogP contribution >= 0.6 is 11.3 Å². The van der Waals surface area contributed by atoms with Crippen molar-refractivity contribution in [2.75, 3.05) is 6.54 Å². The van der Waals surface area contributed by atoms with Crippen LogP contribution in [0.15, 0.2) is 17.5 Å². The van der Waals surface area contributed by atoms with E-state index < -0.39 is 11.4 Å². The molecule has 1 aromatic rings. The summed E-state index contributed by atoms with van der Waals surface area (Å²) in [5.41, 5.74) is -1.12. The summed E-state index contributed by atoms with van der Waals surface area (Å²) in [7, 11) is 0. The minimum atomic E-state index is -1.12. The second-order valence-corrected chi connectivity index (χ2v) is 5.00. The number of amides is 1. The van der Waals surface area contributed by atoms with Gasteiger partial charge in [-0.2, -0.15) is 0 Å². The van der Waals surface area contributed by atoms with E-state index in [-0.39, 0.29) is 5.91 Å². The topological polar surface area (TPSA) is 66.4 Å². The van der Waals surface area contributed by atoms with E-state index in [1.807, 2.05) is 17.5 Å². The van der Waals surface area contributed by atoms with E-state index in [0.29, 0.717) is 19.4 Å². The molecule has 5 heteroatoms. The van der Waals surface area contributed by atoms with Gasteiger partial charge in [-0.1, -0.05) is 6.07 Å². The maximum absolute atomic E-state index is 11.6. The van der Waals surface area contributed by atoms with Gasteiger partial charge in [0, 0.05) is 11.4 Å². The van der Waals surface area contributed by atoms with E-state index in [9.17, 15) is 9.59 Å². The zero-order chi connectivity index (χ0) is 11.6. The summed E-state index contributed by atoms with van der Waals surface area (Å²) in [5.74, 6) is -1.34. The van der Waals surface area contributed by atoms with Crippen molar-refractivity contribution in [3.63, 3.8) is 0 Å². The van der Waals surface area contributed by atoms with Gasteiger partial charge in [0.2, 0.25) is 5.91 Å². The number of hydrogen-bond donors (Lipinski definition) is 2. The zero-order valence-electron chi connectivity index (χ0n) is 8.73. The minimum absolute atomic E-state index is 0.337. The summed E-state index contributed by atoms with van der Waals surface area (Å²) in [4.78, 5) is 23.7. The predicted octanol–water partition coefficient (Wildman–Crippen LogP) is 1.27. The van der Waals surface area contributed by atoms with E-state index in [1.54, 1.807) is 11.3 Å². The lowest BCUT2D eigenvalue weighted by Gasteiger charge is -2.09. The molecule has 1 fully saturated rings. The first kappa shape index (κ1) is 11.1. The van der Waals surface area contributed by atoms with Crippen molar-refractivity contribution in [2.45, 2.75) is 19.3 Å². The molecule has 0 radical (unpaired) electrons. The standard InChI is InChI=1S/C11H13NO3S/c13-9(11(4-5-11)10(14)15)12-6-3-8-2-1-7-16-8/h1-2,7H,3-6H2,(H,12,13)(H,14,15). The number of carbonyl (C=O) groups is 2. The van der Waals surface area contributed by atoms with Crippen molar-refractivity contribution in [1.29, 1.82) is 0 Å². The van der Waals surface area contributed by atoms with Gasteiger partial charge in [0.25, 0.3) is 0 Å². The van der Waals surface area contributed by atoms with Gasteiger partial charge in [0.15, 0.2) is 0 Å². The normalized spacial score (nSPS) is 16.8. The highest BCUT2D eigenvalue weighted by Crippen LogP contribution is 2.45. The molecule has 86 valence electrons. The van der Waals surface area contributed by atoms with Crippen LogP contribution in [0.25, 0.3) is 0 Å². The van der Waals surface area contributed by atoms with Crippen LogP contribution in [0.3, 0.4) is 0 Å². The Hall–Kier alpha value is -1.36. The van der Waals surface area contributed by atoms with E-state index in [2.05, 4.69) is 5.32 Å². The summed E-state index contributed by atoms with van der Waals surface area (Å²) in [6.45, 7) is 0.508. The summed E-state index contributed by atoms with van der Waals surface area (Å²) < 4.78 is 0. The van der Waals surface area contributed by atoms with Crippen molar-refractivity contribution in [2.24, 2.45) is 5.41 Å². The number of nitrogens with one attached hydrogen (secondary N) is 1. The molecule has 0 saturated heterocycles. The number of thiophene rings is 1. The Morgan fingerprint density at radius 3 is 2.75 bits per heavy atom. The number of aliphatic carboxylic acids is 1. The fourth-order valence-electron chi connectivity index (χ4n) is 1.59. The molecule has 1 heterocycles. The Balaban J connectivity index is 1.79. The Morgan fingerprint density at radius 2 is 2.25 bits per heavy atom. The largest absolute Gasteiger partial charge is 0.480 e. The quantitative estimate of drug-likeness (QED) is 0.760. The maximum Gasteiger partial charge on any atom is 0.319 e. The zero-order valence-corrected chi connectivity index (χ0v) is 9.55. The highest BCUT2D eigenvalue weighted by molar-refractivity contribution is 7.09. The van der Waals surface area contributed by atoms with Crippen LogP contribution < -0.4 is 5.32 Å². The van der Waals surface area contributed by atoms with E-state index in [1.165, 1.54) is 4.88 Å². The molecule has 0 unspecified atom stereocenters. The molecule has 0 aromatic carbocycles. The molecule has 1 aliphatic rings. The number of rotatable bonds is 5. The summed E-state index contributed by atoms with van der Waals surface area (Å²) in [6.07, 6.45) is 1.69. The predicted molar refractivity (Wildman–Crippen MR) is 60.3 cm³/mol. The van der Waals surface area contributed by atoms with Crippen molar-refractivity contribution in [1.82, 2.24) is 5.32 Å². The summed E-state index contributed by atoms with van der Waals surface area (Å²) in [5, 5.41) is 13.6. The van der Waals surface area contributed by atoms with E-state index >= 15 is 0 Å². The van der Waals surface area contributed by atoms with Crippen LogP contribution in [0.1, 0.15) is 17.7 Å². The summed E-state index contributed by atoms with van der Waals surface area (Å²) >= 11 is 1.64. The smallest absolute Gasteiger partial charge is 0.319 e. The fourth-order valence-corrected chi connectivity index (χ4v) is 2.30. The number of hydrogen-bond acceptors (Lipinski definition) is 3. The molecule has 1 aliphatic carbocycles. The number of carboxylic acids is 1. The van der Waals surface area contributed by atoms with Crippen LogP contribution in [0.5, 0.6) is 0 Å². The monoisotopic (exact) mass is 239 g/mol. The molecule has 0 bridgehead atoms. The Morgan fingerprint density at radius 1 is 1.50 bits per heavy atom. The average molecular weight is 239 g/mol. The minimum Gasteiger partial charge on any atom is -0.480 e. The third-order valence-corrected chi connectivity index (χ3v) is 3.77. The molecule has 0 aliphatic heterocycles. The molecule has 2 N–H and O–H groups in total. The Labute approximate surface area is 97.3 Å². The Bertz CT molecular complexity index is 395. The molecule has 0 spiro atoms. The van der Waals surface area contributed by atoms with Gasteiger partial charge in [-0.3, -0.25) is 9.59 Å². The van der Waals surface area contributed by atoms with Gasteiger partial charge in [-0.15, -0.1) is 11.3 Å². The molecular weight excluding hydrogens is 226 g/mol. The average Bonchev–Trinajstić information content (AvgIpc) is 2.92. The van der Waals surface area contributed by atoms with Crippen molar-refractivity contribution < 1.29 is 14.7 Å². The van der Waals surface area contributed by atoms with Crippen molar-refractivity contribution >= 4 is 23.2 Å². The van der Waals surface area contributed by atoms with E-state index in [0.717, 1.165) is 6.42 Å². The SMILES string of the molecule is O=C(O)C1(C(=O)NCCc2cccs2)CC1. The van der Waals surface area contributed by atoms with Crippen LogP contribution in [-0.4, -0.2) is 23.5 Å². The molecule has 1 aromatic heterocycles. The van der Waals surface area contributed by atoms with Crippen molar-refractivity contribution in [3.05, 3.63) is 22.4 Å². The van der Waals surface area contributed by atoms with Crippen LogP contribution in [-0.2, 0) is 16.0 Å². The van der Waals surface area contributed by atoms with Crippen LogP contribution in [0, 0.1) is 5.41 Å². The van der Waals surface area contributed by atoms with Gasteiger partial charge < -0.3 is 10.4 Å².